The number of nitrogens with zero attached hydrogens (tertiary/aromatic N) is 3. The van der Waals surface area contributed by atoms with Gasteiger partial charge in [-0.3, -0.25) is 19.1 Å². The molecule has 1 aliphatic carbocycles. The molecule has 1 atom stereocenters. The van der Waals surface area contributed by atoms with Gasteiger partial charge in [0.25, 0.3) is 5.91 Å². The summed E-state index contributed by atoms with van der Waals surface area (Å²) in [6.07, 6.45) is 2.29. The third kappa shape index (κ3) is 5.75. The zero-order valence-corrected chi connectivity index (χ0v) is 23.0. The average Bonchev–Trinajstić information content (AvgIpc) is 3.60. The zero-order valence-electron chi connectivity index (χ0n) is 22.2. The molecule has 2 heterocycles. The Morgan fingerprint density at radius 1 is 1.12 bits per heavy atom. The summed E-state index contributed by atoms with van der Waals surface area (Å²) in [4.78, 5) is 39.1. The number of alkyl halides is 1. The number of ketones is 1. The summed E-state index contributed by atoms with van der Waals surface area (Å²) in [5.41, 5.74) is 1.90. The number of rotatable bonds is 9. The highest BCUT2D eigenvalue weighted by Gasteiger charge is 2.48. The summed E-state index contributed by atoms with van der Waals surface area (Å²) < 4.78 is 23.9. The Kier molecular flexibility index (Phi) is 8.21. The summed E-state index contributed by atoms with van der Waals surface area (Å²) >= 11 is 6.47. The van der Waals surface area contributed by atoms with Gasteiger partial charge < -0.3 is 15.2 Å². The van der Waals surface area contributed by atoms with Crippen LogP contribution in [0.5, 0.6) is 0 Å². The van der Waals surface area contributed by atoms with Crippen molar-refractivity contribution in [2.45, 2.75) is 57.0 Å². The Hall–Kier alpha value is -3.34. The number of benzene rings is 2. The van der Waals surface area contributed by atoms with E-state index in [1.54, 1.807) is 23.9 Å². The summed E-state index contributed by atoms with van der Waals surface area (Å²) in [6, 6.07) is 12.1. The Bertz CT molecular complexity index is 1430. The molecule has 11 heteroatoms. The number of halogens is 2. The van der Waals surface area contributed by atoms with Crippen LogP contribution in [-0.4, -0.2) is 62.6 Å². The zero-order chi connectivity index (χ0) is 28.4. The van der Waals surface area contributed by atoms with Crippen molar-refractivity contribution in [3.8, 4) is 0 Å². The predicted octanol–water partition coefficient (Wildman–Crippen LogP) is 4.97. The number of hydrogen-bond acceptors (Lipinski definition) is 6. The molecule has 9 nitrogen and oxygen atoms in total. The number of Topliss-reactive ketones (excluding diaryl/α,β-unsaturated/α-hetero) is 1. The first kappa shape index (κ1) is 28.2. The lowest BCUT2D eigenvalue weighted by Crippen LogP contribution is -2.54. The number of anilines is 1. The SMILES string of the molecule is Cn1nc(C(=O)Nc2ccc(CC(=O)C(F)(OC3CCC(C(=O)O)CC3)N3CCCC3)cc2Cl)c2ccccc21. The number of carboxylic acid groups (broad SMARTS) is 1. The molecule has 1 aromatic heterocycles. The molecule has 2 fully saturated rings. The molecule has 0 bridgehead atoms. The van der Waals surface area contributed by atoms with Gasteiger partial charge in [0.05, 0.1) is 28.2 Å². The molecule has 40 heavy (non-hydrogen) atoms. The maximum atomic E-state index is 16.4. The van der Waals surface area contributed by atoms with Crippen molar-refractivity contribution in [3.05, 3.63) is 58.7 Å². The molecule has 1 saturated carbocycles. The molecule has 2 aromatic carbocycles. The molecule has 212 valence electrons. The normalized spacial score (nSPS) is 21.3. The molecular formula is C29H32ClFN4O5. The van der Waals surface area contributed by atoms with Crippen LogP contribution in [0.1, 0.15) is 54.6 Å². The van der Waals surface area contributed by atoms with Crippen molar-refractivity contribution < 1.29 is 28.6 Å². The van der Waals surface area contributed by atoms with Gasteiger partial charge in [-0.05, 0) is 62.3 Å². The third-order valence-electron chi connectivity index (χ3n) is 7.82. The van der Waals surface area contributed by atoms with Crippen LogP contribution in [0.15, 0.2) is 42.5 Å². The highest BCUT2D eigenvalue weighted by atomic mass is 35.5. The number of nitrogens with one attached hydrogen (secondary N) is 1. The Morgan fingerprint density at radius 3 is 2.50 bits per heavy atom. The first-order valence-corrected chi connectivity index (χ1v) is 13.9. The van der Waals surface area contributed by atoms with Gasteiger partial charge in [0.15, 0.2) is 5.69 Å². The largest absolute Gasteiger partial charge is 0.481 e. The molecule has 0 spiro atoms. The molecule has 1 saturated heterocycles. The van der Waals surface area contributed by atoms with Gasteiger partial charge in [0.2, 0.25) is 5.78 Å². The van der Waals surface area contributed by atoms with Crippen molar-refractivity contribution >= 4 is 45.9 Å². The standard InChI is InChI=1S/C29H32ClFN4O5/c1-34-24-7-3-2-6-21(24)26(33-34)27(37)32-23-13-8-18(16-22(23)30)17-25(36)29(31,35-14-4-5-15-35)40-20-11-9-19(10-12-20)28(38)39/h2-3,6-8,13,16,19-20H,4-5,9-12,14-15,17H2,1H3,(H,32,37)(H,38,39). The highest BCUT2D eigenvalue weighted by molar-refractivity contribution is 6.34. The van der Waals surface area contributed by atoms with E-state index in [0.29, 0.717) is 55.4 Å². The summed E-state index contributed by atoms with van der Waals surface area (Å²) in [5.74, 6) is -5.08. The van der Waals surface area contributed by atoms with Crippen molar-refractivity contribution in [3.63, 3.8) is 0 Å². The molecule has 5 rings (SSSR count). The number of para-hydroxylation sites is 1. The second-order valence-electron chi connectivity index (χ2n) is 10.5. The van der Waals surface area contributed by atoms with Crippen LogP contribution >= 0.6 is 11.6 Å². The van der Waals surface area contributed by atoms with E-state index in [9.17, 15) is 19.5 Å². The molecule has 1 aliphatic heterocycles. The highest BCUT2D eigenvalue weighted by Crippen LogP contribution is 2.35. The molecule has 2 aliphatic rings. The van der Waals surface area contributed by atoms with Gasteiger partial charge in [-0.25, -0.2) is 4.90 Å². The number of amides is 1. The molecule has 3 aromatic rings. The van der Waals surface area contributed by atoms with Gasteiger partial charge >= 0.3 is 11.9 Å². The summed E-state index contributed by atoms with van der Waals surface area (Å²) in [6.45, 7) is 0.807. The van der Waals surface area contributed by atoms with Gasteiger partial charge in [0.1, 0.15) is 0 Å². The smallest absolute Gasteiger partial charge is 0.330 e. The second kappa shape index (κ2) is 11.6. The Balaban J connectivity index is 1.28. The van der Waals surface area contributed by atoms with E-state index in [1.807, 2.05) is 24.3 Å². The van der Waals surface area contributed by atoms with Crippen molar-refractivity contribution in [1.82, 2.24) is 14.7 Å². The van der Waals surface area contributed by atoms with Crippen LogP contribution in [0.4, 0.5) is 10.1 Å². The minimum Gasteiger partial charge on any atom is -0.481 e. The van der Waals surface area contributed by atoms with Gasteiger partial charge in [0, 0.05) is 31.9 Å². The first-order valence-electron chi connectivity index (χ1n) is 13.5. The van der Waals surface area contributed by atoms with E-state index in [-0.39, 0.29) is 17.1 Å². The fraction of sp³-hybridized carbons (Fsp3) is 0.448. The number of aryl methyl sites for hydroxylation is 1. The third-order valence-corrected chi connectivity index (χ3v) is 8.13. The summed E-state index contributed by atoms with van der Waals surface area (Å²) in [7, 11) is 1.76. The number of carboxylic acids is 1. The van der Waals surface area contributed by atoms with Crippen LogP contribution < -0.4 is 5.32 Å². The molecule has 2 N–H and O–H groups in total. The number of carbonyl (C=O) groups excluding carboxylic acids is 2. The van der Waals surface area contributed by atoms with Crippen molar-refractivity contribution in [2.75, 3.05) is 18.4 Å². The quantitative estimate of drug-likeness (QED) is 0.349. The molecule has 1 unspecified atom stereocenters. The van der Waals surface area contributed by atoms with E-state index in [0.717, 1.165) is 18.4 Å². The van der Waals surface area contributed by atoms with E-state index in [2.05, 4.69) is 10.4 Å². The monoisotopic (exact) mass is 570 g/mol. The Morgan fingerprint density at radius 2 is 1.82 bits per heavy atom. The Labute approximate surface area is 236 Å². The van der Waals surface area contributed by atoms with Crippen molar-refractivity contribution in [1.29, 1.82) is 0 Å². The minimum atomic E-state index is -2.60. The number of ether oxygens (including phenoxy) is 1. The van der Waals surface area contributed by atoms with E-state index < -0.39 is 35.7 Å². The molecule has 1 amide bonds. The minimum absolute atomic E-state index is 0.206. The maximum Gasteiger partial charge on any atom is 0.330 e. The van der Waals surface area contributed by atoms with E-state index in [4.69, 9.17) is 16.3 Å². The number of aliphatic carboxylic acids is 1. The first-order chi connectivity index (χ1) is 19.2. The van der Waals surface area contributed by atoms with Crippen LogP contribution in [0.3, 0.4) is 0 Å². The second-order valence-corrected chi connectivity index (χ2v) is 11.0. The van der Waals surface area contributed by atoms with Crippen LogP contribution in [-0.2, 0) is 27.8 Å². The lowest BCUT2D eigenvalue weighted by Gasteiger charge is -2.37. The number of hydrogen-bond donors (Lipinski definition) is 2. The summed E-state index contributed by atoms with van der Waals surface area (Å²) in [5, 5.41) is 17.3. The number of aromatic nitrogens is 2. The van der Waals surface area contributed by atoms with E-state index >= 15 is 4.39 Å². The number of likely N-dealkylation sites (tertiary alicyclic amines) is 1. The fourth-order valence-electron chi connectivity index (χ4n) is 5.60. The topological polar surface area (TPSA) is 114 Å². The average molecular weight is 571 g/mol. The van der Waals surface area contributed by atoms with Crippen LogP contribution in [0.2, 0.25) is 5.02 Å². The lowest BCUT2D eigenvalue weighted by atomic mass is 9.87. The number of fused-ring (bicyclic) bond motifs is 1. The van der Waals surface area contributed by atoms with Gasteiger partial charge in [-0.15, -0.1) is 0 Å². The maximum absolute atomic E-state index is 16.4. The van der Waals surface area contributed by atoms with E-state index in [1.165, 1.54) is 11.0 Å². The lowest BCUT2D eigenvalue weighted by molar-refractivity contribution is -0.252. The molecular weight excluding hydrogens is 539 g/mol. The fourth-order valence-corrected chi connectivity index (χ4v) is 5.85. The van der Waals surface area contributed by atoms with Crippen molar-refractivity contribution in [2.24, 2.45) is 13.0 Å². The van der Waals surface area contributed by atoms with Crippen LogP contribution in [0, 0.1) is 5.92 Å². The van der Waals surface area contributed by atoms with Gasteiger partial charge in [-0.1, -0.05) is 35.9 Å². The van der Waals surface area contributed by atoms with Gasteiger partial charge in [-0.2, -0.15) is 9.49 Å². The van der Waals surface area contributed by atoms with Crippen LogP contribution in [0.25, 0.3) is 10.9 Å². The molecule has 0 radical (unpaired) electrons. The predicted molar refractivity (Wildman–Crippen MR) is 148 cm³/mol. The number of carbonyl (C=O) groups is 3.